The Bertz CT molecular complexity index is 873. The van der Waals surface area contributed by atoms with Gasteiger partial charge in [-0.05, 0) is 55.8 Å². The molecule has 0 saturated heterocycles. The summed E-state index contributed by atoms with van der Waals surface area (Å²) in [6.45, 7) is 0.863. The lowest BCUT2D eigenvalue weighted by Gasteiger charge is -2.09. The number of aryl methyl sites for hydroxylation is 1. The molecule has 0 unspecified atom stereocenters. The maximum absolute atomic E-state index is 12.7. The van der Waals surface area contributed by atoms with E-state index in [4.69, 9.17) is 4.42 Å². The van der Waals surface area contributed by atoms with E-state index in [-0.39, 0.29) is 0 Å². The molecule has 2 aromatic carbocycles. The summed E-state index contributed by atoms with van der Waals surface area (Å²) in [6, 6.07) is 12.7. The van der Waals surface area contributed by atoms with Crippen LogP contribution in [0.2, 0.25) is 0 Å². The van der Waals surface area contributed by atoms with Gasteiger partial charge in [0.25, 0.3) is 0 Å². The van der Waals surface area contributed by atoms with Crippen molar-refractivity contribution in [1.82, 2.24) is 15.5 Å². The van der Waals surface area contributed by atoms with Crippen molar-refractivity contribution in [3.05, 3.63) is 71.1 Å². The first-order valence-corrected chi connectivity index (χ1v) is 8.69. The molecular formula is C20H20F3N3O. The van der Waals surface area contributed by atoms with Crippen LogP contribution >= 0.6 is 0 Å². The number of hydrogen-bond donors (Lipinski definition) is 1. The van der Waals surface area contributed by atoms with Gasteiger partial charge in [0.1, 0.15) is 0 Å². The maximum atomic E-state index is 12.7. The molecule has 1 N–H and O–H groups in total. The van der Waals surface area contributed by atoms with Gasteiger partial charge in [0.2, 0.25) is 11.8 Å². The van der Waals surface area contributed by atoms with E-state index in [1.165, 1.54) is 12.1 Å². The summed E-state index contributed by atoms with van der Waals surface area (Å²) in [5.74, 6) is 1.00. The van der Waals surface area contributed by atoms with Crippen LogP contribution < -0.4 is 5.32 Å². The monoisotopic (exact) mass is 375 g/mol. The molecule has 0 fully saturated rings. The fraction of sp³-hybridized carbons (Fsp3) is 0.300. The second kappa shape index (κ2) is 8.35. The van der Waals surface area contributed by atoms with Crippen LogP contribution in [0.1, 0.15) is 29.0 Å². The summed E-state index contributed by atoms with van der Waals surface area (Å²) in [7, 11) is 1.89. The van der Waals surface area contributed by atoms with Crippen molar-refractivity contribution >= 4 is 0 Å². The van der Waals surface area contributed by atoms with Crippen LogP contribution in [0.15, 0.2) is 52.9 Å². The van der Waals surface area contributed by atoms with Crippen LogP contribution in [0.4, 0.5) is 13.2 Å². The van der Waals surface area contributed by atoms with Gasteiger partial charge in [0.05, 0.1) is 5.56 Å². The normalized spacial score (nSPS) is 11.7. The molecule has 1 aromatic heterocycles. The first-order valence-electron chi connectivity index (χ1n) is 8.69. The third-order valence-electron chi connectivity index (χ3n) is 4.21. The molecule has 4 nitrogen and oxygen atoms in total. The van der Waals surface area contributed by atoms with E-state index < -0.39 is 11.7 Å². The molecule has 0 saturated carbocycles. The average molecular weight is 375 g/mol. The molecule has 0 radical (unpaired) electrons. The third kappa shape index (κ3) is 4.95. The van der Waals surface area contributed by atoms with E-state index in [1.54, 1.807) is 0 Å². The van der Waals surface area contributed by atoms with Gasteiger partial charge in [-0.1, -0.05) is 30.3 Å². The second-order valence-corrected chi connectivity index (χ2v) is 6.24. The fourth-order valence-electron chi connectivity index (χ4n) is 2.79. The van der Waals surface area contributed by atoms with Gasteiger partial charge in [-0.25, -0.2) is 0 Å². The topological polar surface area (TPSA) is 51.0 Å². The average Bonchev–Trinajstić information content (AvgIpc) is 3.11. The SMILES string of the molecule is CNCCCc1nnc(-c2ccccc2Cc2ccc(C(F)(F)F)cc2)o1. The quantitative estimate of drug-likeness (QED) is 0.618. The van der Waals surface area contributed by atoms with Crippen molar-refractivity contribution in [2.75, 3.05) is 13.6 Å². The highest BCUT2D eigenvalue weighted by atomic mass is 19.4. The van der Waals surface area contributed by atoms with E-state index >= 15 is 0 Å². The molecule has 7 heteroatoms. The van der Waals surface area contributed by atoms with Crippen molar-refractivity contribution in [1.29, 1.82) is 0 Å². The van der Waals surface area contributed by atoms with Gasteiger partial charge in [-0.3, -0.25) is 0 Å². The highest BCUT2D eigenvalue weighted by Crippen LogP contribution is 2.30. The number of benzene rings is 2. The second-order valence-electron chi connectivity index (χ2n) is 6.24. The van der Waals surface area contributed by atoms with E-state index in [1.807, 2.05) is 31.3 Å². The van der Waals surface area contributed by atoms with E-state index in [0.717, 1.165) is 41.8 Å². The molecular weight excluding hydrogens is 355 g/mol. The summed E-state index contributed by atoms with van der Waals surface area (Å²) in [4.78, 5) is 0. The first kappa shape index (κ1) is 19.1. The van der Waals surface area contributed by atoms with Gasteiger partial charge in [-0.2, -0.15) is 13.2 Å². The Morgan fingerprint density at radius 2 is 1.74 bits per heavy atom. The smallest absolute Gasteiger partial charge is 0.416 e. The van der Waals surface area contributed by atoms with Crippen molar-refractivity contribution < 1.29 is 17.6 Å². The van der Waals surface area contributed by atoms with Gasteiger partial charge < -0.3 is 9.73 Å². The van der Waals surface area contributed by atoms with Crippen molar-refractivity contribution in [3.63, 3.8) is 0 Å². The van der Waals surface area contributed by atoms with Crippen molar-refractivity contribution in [2.24, 2.45) is 0 Å². The summed E-state index contributed by atoms with van der Waals surface area (Å²) < 4.78 is 43.9. The molecule has 0 bridgehead atoms. The lowest BCUT2D eigenvalue weighted by atomic mass is 9.99. The molecule has 142 valence electrons. The van der Waals surface area contributed by atoms with Gasteiger partial charge in [0, 0.05) is 12.0 Å². The zero-order valence-corrected chi connectivity index (χ0v) is 14.9. The largest absolute Gasteiger partial charge is 0.421 e. The van der Waals surface area contributed by atoms with Gasteiger partial charge in [0.15, 0.2) is 0 Å². The summed E-state index contributed by atoms with van der Waals surface area (Å²) in [6.07, 6.45) is -2.27. The Hall–Kier alpha value is -2.67. The van der Waals surface area contributed by atoms with Crippen LogP contribution in [0.5, 0.6) is 0 Å². The van der Waals surface area contributed by atoms with Crippen LogP contribution in [0, 0.1) is 0 Å². The third-order valence-corrected chi connectivity index (χ3v) is 4.21. The molecule has 3 rings (SSSR count). The zero-order chi connectivity index (χ0) is 19.3. The number of rotatable bonds is 7. The number of aromatic nitrogens is 2. The summed E-state index contributed by atoms with van der Waals surface area (Å²) >= 11 is 0. The van der Waals surface area contributed by atoms with Crippen molar-refractivity contribution in [2.45, 2.75) is 25.4 Å². The number of alkyl halides is 3. The Morgan fingerprint density at radius 1 is 1.00 bits per heavy atom. The minimum absolute atomic E-state index is 0.428. The standard InChI is InChI=1S/C20H20F3N3O/c1-24-12-4-7-18-25-26-19(27-18)17-6-3-2-5-15(17)13-14-8-10-16(11-9-14)20(21,22)23/h2-3,5-6,8-11,24H,4,7,12-13H2,1H3. The Labute approximate surface area is 155 Å². The van der Waals surface area contributed by atoms with E-state index in [9.17, 15) is 13.2 Å². The maximum Gasteiger partial charge on any atom is 0.416 e. The molecule has 0 aliphatic rings. The van der Waals surface area contributed by atoms with Crippen LogP contribution in [-0.4, -0.2) is 23.8 Å². The predicted octanol–water partition coefficient (Wildman–Crippen LogP) is 4.50. The molecule has 0 aliphatic carbocycles. The zero-order valence-electron chi connectivity index (χ0n) is 14.9. The molecule has 3 aromatic rings. The predicted molar refractivity (Wildman–Crippen MR) is 96.2 cm³/mol. The molecule has 0 atom stereocenters. The Balaban J connectivity index is 1.78. The number of nitrogens with one attached hydrogen (secondary N) is 1. The highest BCUT2D eigenvalue weighted by Gasteiger charge is 2.29. The van der Waals surface area contributed by atoms with Crippen LogP contribution in [0.25, 0.3) is 11.5 Å². The van der Waals surface area contributed by atoms with Crippen molar-refractivity contribution in [3.8, 4) is 11.5 Å². The number of hydrogen-bond acceptors (Lipinski definition) is 4. The lowest BCUT2D eigenvalue weighted by Crippen LogP contribution is -2.08. The highest BCUT2D eigenvalue weighted by molar-refractivity contribution is 5.59. The van der Waals surface area contributed by atoms with Crippen LogP contribution in [-0.2, 0) is 19.0 Å². The minimum Gasteiger partial charge on any atom is -0.421 e. The summed E-state index contributed by atoms with van der Waals surface area (Å²) in [5, 5.41) is 11.3. The summed E-state index contributed by atoms with van der Waals surface area (Å²) in [5.41, 5.74) is 1.85. The number of halogens is 3. The molecule has 27 heavy (non-hydrogen) atoms. The molecule has 0 amide bonds. The van der Waals surface area contributed by atoms with Crippen LogP contribution in [0.3, 0.4) is 0 Å². The fourth-order valence-corrected chi connectivity index (χ4v) is 2.79. The van der Waals surface area contributed by atoms with Gasteiger partial charge in [-0.15, -0.1) is 10.2 Å². The Morgan fingerprint density at radius 3 is 2.44 bits per heavy atom. The molecule has 0 spiro atoms. The lowest BCUT2D eigenvalue weighted by molar-refractivity contribution is -0.137. The molecule has 1 heterocycles. The number of nitrogens with zero attached hydrogens (tertiary/aromatic N) is 2. The van der Waals surface area contributed by atoms with E-state index in [0.29, 0.717) is 24.6 Å². The van der Waals surface area contributed by atoms with E-state index in [2.05, 4.69) is 15.5 Å². The minimum atomic E-state index is -4.33. The Kier molecular flexibility index (Phi) is 5.91. The van der Waals surface area contributed by atoms with Gasteiger partial charge >= 0.3 is 6.18 Å². The molecule has 0 aliphatic heterocycles. The first-order chi connectivity index (χ1) is 13.0.